The molecule has 2 aromatic heterocycles. The summed E-state index contributed by atoms with van der Waals surface area (Å²) in [6.45, 7) is 0. The van der Waals surface area contributed by atoms with Crippen LogP contribution in [0.2, 0.25) is 0 Å². The maximum atomic E-state index is 12.1. The third-order valence-corrected chi connectivity index (χ3v) is 5.85. The zero-order valence-electron chi connectivity index (χ0n) is 13.4. The Labute approximate surface area is 155 Å². The molecule has 0 fully saturated rings. The van der Waals surface area contributed by atoms with Crippen LogP contribution in [-0.4, -0.2) is 31.8 Å². The first-order valence-corrected chi connectivity index (χ1v) is 9.60. The van der Waals surface area contributed by atoms with E-state index < -0.39 is 11.2 Å². The zero-order chi connectivity index (χ0) is 18.1. The van der Waals surface area contributed by atoms with E-state index in [1.807, 2.05) is 18.2 Å². The normalized spacial score (nSPS) is 12.3. The lowest BCUT2D eigenvalue weighted by molar-refractivity contribution is -0.113. The summed E-state index contributed by atoms with van der Waals surface area (Å²) in [5, 5.41) is 9.10. The van der Waals surface area contributed by atoms with Crippen LogP contribution in [0.25, 0.3) is 11.3 Å². The Hall–Kier alpha value is -2.72. The van der Waals surface area contributed by atoms with Gasteiger partial charge in [-0.3, -0.25) is 14.6 Å². The largest absolute Gasteiger partial charge is 0.342 e. The van der Waals surface area contributed by atoms with Crippen molar-refractivity contribution in [1.82, 2.24) is 20.2 Å². The number of rotatable bonds is 4. The van der Waals surface area contributed by atoms with Crippen LogP contribution in [0, 0.1) is 0 Å². The molecule has 26 heavy (non-hydrogen) atoms. The van der Waals surface area contributed by atoms with Gasteiger partial charge in [0.25, 0.3) is 5.56 Å². The van der Waals surface area contributed by atoms with E-state index in [2.05, 4.69) is 31.5 Å². The maximum absolute atomic E-state index is 12.1. The van der Waals surface area contributed by atoms with Crippen molar-refractivity contribution in [2.75, 3.05) is 11.1 Å². The molecule has 1 aromatic carbocycles. The Kier molecular flexibility index (Phi) is 4.43. The number of aromatic nitrogens is 4. The molecule has 1 aliphatic rings. The Bertz CT molecular complexity index is 1100. The third-order valence-electron chi connectivity index (χ3n) is 3.86. The van der Waals surface area contributed by atoms with Crippen LogP contribution in [-0.2, 0) is 17.6 Å². The summed E-state index contributed by atoms with van der Waals surface area (Å²) in [6, 6.07) is 8.14. The smallest absolute Gasteiger partial charge is 0.301 e. The number of benzene rings is 1. The number of hydrogen-bond donors (Lipinski definition) is 3. The van der Waals surface area contributed by atoms with Crippen molar-refractivity contribution in [3.63, 3.8) is 0 Å². The van der Waals surface area contributed by atoms with Crippen LogP contribution in [0.3, 0.4) is 0 Å². The molecule has 10 heteroatoms. The van der Waals surface area contributed by atoms with Crippen LogP contribution in [0.4, 0.5) is 5.13 Å². The van der Waals surface area contributed by atoms with Gasteiger partial charge >= 0.3 is 5.69 Å². The first-order chi connectivity index (χ1) is 12.6. The van der Waals surface area contributed by atoms with Crippen molar-refractivity contribution in [2.45, 2.75) is 17.9 Å². The van der Waals surface area contributed by atoms with Crippen LogP contribution in [0.15, 0.2) is 38.9 Å². The SMILES string of the molecule is O=C(CSc1n[nH]c(=O)[nH]c1=O)Nc1nc2c(s1)CCc1ccccc1-2. The number of thioether (sulfide) groups is 1. The number of amides is 1. The molecule has 0 saturated heterocycles. The number of H-pyrrole nitrogens is 2. The van der Waals surface area contributed by atoms with Crippen molar-refractivity contribution in [3.8, 4) is 11.3 Å². The van der Waals surface area contributed by atoms with Crippen molar-refractivity contribution in [1.29, 1.82) is 0 Å². The van der Waals surface area contributed by atoms with Crippen molar-refractivity contribution in [3.05, 3.63) is 55.5 Å². The number of fused-ring (bicyclic) bond motifs is 3. The number of carbonyl (C=O) groups is 1. The molecule has 2 heterocycles. The minimum atomic E-state index is -0.683. The highest BCUT2D eigenvalue weighted by atomic mass is 32.2. The highest BCUT2D eigenvalue weighted by Crippen LogP contribution is 2.37. The third kappa shape index (κ3) is 3.33. The summed E-state index contributed by atoms with van der Waals surface area (Å²) in [5.74, 6) is -0.301. The first kappa shape index (κ1) is 16.7. The van der Waals surface area contributed by atoms with Crippen molar-refractivity contribution in [2.24, 2.45) is 0 Å². The van der Waals surface area contributed by atoms with Crippen LogP contribution >= 0.6 is 23.1 Å². The molecule has 0 radical (unpaired) electrons. The Balaban J connectivity index is 1.45. The van der Waals surface area contributed by atoms with Gasteiger partial charge in [-0.15, -0.1) is 11.3 Å². The van der Waals surface area contributed by atoms with Gasteiger partial charge in [-0.05, 0) is 18.4 Å². The van der Waals surface area contributed by atoms with E-state index >= 15 is 0 Å². The van der Waals surface area contributed by atoms with E-state index in [-0.39, 0.29) is 16.7 Å². The second kappa shape index (κ2) is 6.89. The number of aromatic amines is 2. The van der Waals surface area contributed by atoms with Crippen LogP contribution in [0.5, 0.6) is 0 Å². The molecular formula is C16H13N5O3S2. The second-order valence-electron chi connectivity index (χ2n) is 5.60. The highest BCUT2D eigenvalue weighted by molar-refractivity contribution is 7.99. The lowest BCUT2D eigenvalue weighted by atomic mass is 9.94. The van der Waals surface area contributed by atoms with E-state index in [9.17, 15) is 14.4 Å². The fourth-order valence-electron chi connectivity index (χ4n) is 2.73. The number of hydrogen-bond acceptors (Lipinski definition) is 7. The lowest BCUT2D eigenvalue weighted by Crippen LogP contribution is -2.25. The average molecular weight is 387 g/mol. The molecule has 0 bridgehead atoms. The minimum Gasteiger partial charge on any atom is -0.301 e. The molecule has 0 unspecified atom stereocenters. The fourth-order valence-corrected chi connectivity index (χ4v) is 4.35. The van der Waals surface area contributed by atoms with Gasteiger partial charge < -0.3 is 5.32 Å². The molecule has 3 aromatic rings. The van der Waals surface area contributed by atoms with E-state index in [1.54, 1.807) is 0 Å². The Morgan fingerprint density at radius 1 is 1.27 bits per heavy atom. The summed E-state index contributed by atoms with van der Waals surface area (Å²) in [6.07, 6.45) is 1.88. The first-order valence-electron chi connectivity index (χ1n) is 7.80. The summed E-state index contributed by atoms with van der Waals surface area (Å²) in [7, 11) is 0. The molecular weight excluding hydrogens is 374 g/mol. The molecule has 0 saturated carbocycles. The quantitative estimate of drug-likeness (QED) is 0.582. The molecule has 0 atom stereocenters. The van der Waals surface area contributed by atoms with Crippen LogP contribution < -0.4 is 16.6 Å². The Morgan fingerprint density at radius 3 is 2.96 bits per heavy atom. The number of aryl methyl sites for hydroxylation is 2. The predicted octanol–water partition coefficient (Wildman–Crippen LogP) is 1.41. The number of thiazole rings is 1. The molecule has 8 nitrogen and oxygen atoms in total. The average Bonchev–Trinajstić information content (AvgIpc) is 3.04. The van der Waals surface area contributed by atoms with Gasteiger partial charge in [0.05, 0.1) is 11.4 Å². The number of anilines is 1. The molecule has 1 aliphatic carbocycles. The summed E-state index contributed by atoms with van der Waals surface area (Å²) >= 11 is 2.42. The lowest BCUT2D eigenvalue weighted by Gasteiger charge is -2.13. The van der Waals surface area contributed by atoms with E-state index in [0.29, 0.717) is 5.13 Å². The van der Waals surface area contributed by atoms with Gasteiger partial charge in [-0.25, -0.2) is 14.9 Å². The fraction of sp³-hybridized carbons (Fsp3) is 0.188. The van der Waals surface area contributed by atoms with E-state index in [0.717, 1.165) is 40.7 Å². The van der Waals surface area contributed by atoms with E-state index in [1.165, 1.54) is 16.9 Å². The topological polar surface area (TPSA) is 121 Å². The zero-order valence-corrected chi connectivity index (χ0v) is 15.0. The number of nitrogens with zero attached hydrogens (tertiary/aromatic N) is 2. The molecule has 1 amide bonds. The second-order valence-corrected chi connectivity index (χ2v) is 7.64. The van der Waals surface area contributed by atoms with Crippen molar-refractivity contribution < 1.29 is 4.79 Å². The van der Waals surface area contributed by atoms with Gasteiger partial charge in [-0.2, -0.15) is 5.10 Å². The minimum absolute atomic E-state index is 0.0110. The number of carbonyl (C=O) groups excluding carboxylic acids is 1. The van der Waals surface area contributed by atoms with Gasteiger partial charge in [0.2, 0.25) is 5.91 Å². The van der Waals surface area contributed by atoms with Gasteiger partial charge in [-0.1, -0.05) is 36.0 Å². The Morgan fingerprint density at radius 2 is 2.12 bits per heavy atom. The molecule has 3 N–H and O–H groups in total. The highest BCUT2D eigenvalue weighted by Gasteiger charge is 2.21. The van der Waals surface area contributed by atoms with Gasteiger partial charge in [0.15, 0.2) is 10.2 Å². The summed E-state index contributed by atoms with van der Waals surface area (Å²) in [5.41, 5.74) is 2.01. The molecule has 4 rings (SSSR count). The standard InChI is InChI=1S/C16H13N5O3S2/c22-11(7-25-14-13(23)19-15(24)21-20-14)17-16-18-12-9-4-2-1-3-8(9)5-6-10(12)26-16/h1-4H,5-7H2,(H,17,18,22)(H2,19,21,23,24). The predicted molar refractivity (Wildman–Crippen MR) is 99.8 cm³/mol. The van der Waals surface area contributed by atoms with Gasteiger partial charge in [0.1, 0.15) is 0 Å². The molecule has 0 spiro atoms. The summed E-state index contributed by atoms with van der Waals surface area (Å²) < 4.78 is 0. The van der Waals surface area contributed by atoms with Crippen molar-refractivity contribution >= 4 is 34.1 Å². The summed E-state index contributed by atoms with van der Waals surface area (Å²) in [4.78, 5) is 42.4. The van der Waals surface area contributed by atoms with Gasteiger partial charge in [0, 0.05) is 10.4 Å². The van der Waals surface area contributed by atoms with Crippen LogP contribution in [0.1, 0.15) is 10.4 Å². The number of nitrogens with one attached hydrogen (secondary N) is 3. The molecule has 0 aliphatic heterocycles. The monoisotopic (exact) mass is 387 g/mol. The molecule has 132 valence electrons. The maximum Gasteiger partial charge on any atom is 0.342 e. The van der Waals surface area contributed by atoms with E-state index in [4.69, 9.17) is 0 Å².